The number of fused-ring (bicyclic) bond motifs is 2. The van der Waals surface area contributed by atoms with E-state index < -0.39 is 0 Å². The molecule has 2 aromatic heterocycles. The quantitative estimate of drug-likeness (QED) is 0.582. The Morgan fingerprint density at radius 3 is 1.65 bits per heavy atom. The first-order valence-corrected chi connectivity index (χ1v) is 8.78. The van der Waals surface area contributed by atoms with Gasteiger partial charge in [0.2, 0.25) is 0 Å². The molecule has 2 nitrogen and oxygen atoms in total. The first-order chi connectivity index (χ1) is 9.86. The van der Waals surface area contributed by atoms with Crippen molar-refractivity contribution in [2.24, 2.45) is 0 Å². The van der Waals surface area contributed by atoms with E-state index in [1.807, 2.05) is 0 Å². The lowest BCUT2D eigenvalue weighted by Crippen LogP contribution is -1.98. The van der Waals surface area contributed by atoms with Crippen molar-refractivity contribution in [1.29, 1.82) is 0 Å². The van der Waals surface area contributed by atoms with Crippen LogP contribution in [0.1, 0.15) is 26.7 Å². The molecule has 0 aliphatic carbocycles. The molecule has 0 amide bonds. The summed E-state index contributed by atoms with van der Waals surface area (Å²) in [6, 6.07) is 4.28. The van der Waals surface area contributed by atoms with Gasteiger partial charge in [0, 0.05) is 10.8 Å². The highest BCUT2D eigenvalue weighted by Crippen LogP contribution is 2.47. The molecular weight excluding hydrogens is 288 g/mol. The summed E-state index contributed by atoms with van der Waals surface area (Å²) in [6.07, 6.45) is 2.04. The van der Waals surface area contributed by atoms with Crippen LogP contribution in [0.5, 0.6) is 11.5 Å². The average molecular weight is 306 g/mol. The van der Waals surface area contributed by atoms with E-state index in [9.17, 15) is 0 Å². The van der Waals surface area contributed by atoms with Gasteiger partial charge in [-0.05, 0) is 35.7 Å². The van der Waals surface area contributed by atoms with Crippen molar-refractivity contribution in [2.45, 2.75) is 26.7 Å². The lowest BCUT2D eigenvalue weighted by atomic mass is 10.1. The Bertz CT molecular complexity index is 603. The van der Waals surface area contributed by atoms with Crippen molar-refractivity contribution >= 4 is 42.8 Å². The van der Waals surface area contributed by atoms with Crippen LogP contribution in [0.25, 0.3) is 20.2 Å². The molecule has 0 fully saturated rings. The van der Waals surface area contributed by atoms with E-state index in [-0.39, 0.29) is 0 Å². The van der Waals surface area contributed by atoms with E-state index in [4.69, 9.17) is 9.47 Å². The monoisotopic (exact) mass is 306 g/mol. The van der Waals surface area contributed by atoms with Gasteiger partial charge >= 0.3 is 0 Å². The van der Waals surface area contributed by atoms with E-state index in [2.05, 4.69) is 36.7 Å². The van der Waals surface area contributed by atoms with Crippen molar-refractivity contribution in [1.82, 2.24) is 0 Å². The number of benzene rings is 1. The molecule has 2 heterocycles. The Kier molecular flexibility index (Phi) is 4.13. The molecule has 0 aliphatic rings. The van der Waals surface area contributed by atoms with Crippen LogP contribution in [-0.2, 0) is 0 Å². The Balaban J connectivity index is 2.22. The van der Waals surface area contributed by atoms with Crippen LogP contribution in [0.3, 0.4) is 0 Å². The second-order valence-electron chi connectivity index (χ2n) is 4.68. The topological polar surface area (TPSA) is 18.5 Å². The molecule has 0 aliphatic heterocycles. The summed E-state index contributed by atoms with van der Waals surface area (Å²) in [4.78, 5) is 0. The standard InChI is InChI=1S/C16H18O2S2/c1-3-7-17-13-11-5-9-20-16(11)14(18-8-4-2)12-6-10-19-15(12)13/h5-6,9-10H,3-4,7-8H2,1-2H3. The number of ether oxygens (including phenoxy) is 2. The fourth-order valence-corrected chi connectivity index (χ4v) is 4.07. The Morgan fingerprint density at radius 2 is 1.25 bits per heavy atom. The molecule has 4 heteroatoms. The van der Waals surface area contributed by atoms with E-state index in [1.54, 1.807) is 22.7 Å². The van der Waals surface area contributed by atoms with Crippen LogP contribution in [0.15, 0.2) is 22.9 Å². The van der Waals surface area contributed by atoms with Gasteiger partial charge in [0.15, 0.2) is 0 Å². The summed E-state index contributed by atoms with van der Waals surface area (Å²) in [5, 5.41) is 6.60. The number of hydrogen-bond acceptors (Lipinski definition) is 4. The van der Waals surface area contributed by atoms with Crippen LogP contribution < -0.4 is 9.47 Å². The van der Waals surface area contributed by atoms with Gasteiger partial charge in [0.05, 0.1) is 22.6 Å². The highest BCUT2D eigenvalue weighted by Gasteiger charge is 2.18. The van der Waals surface area contributed by atoms with Gasteiger partial charge in [-0.2, -0.15) is 0 Å². The molecule has 0 spiro atoms. The zero-order chi connectivity index (χ0) is 13.9. The van der Waals surface area contributed by atoms with Crippen LogP contribution >= 0.6 is 22.7 Å². The van der Waals surface area contributed by atoms with Crippen molar-refractivity contribution in [3.63, 3.8) is 0 Å². The van der Waals surface area contributed by atoms with Crippen molar-refractivity contribution < 1.29 is 9.47 Å². The van der Waals surface area contributed by atoms with Crippen LogP contribution in [0, 0.1) is 0 Å². The average Bonchev–Trinajstić information content (AvgIpc) is 3.11. The number of rotatable bonds is 6. The van der Waals surface area contributed by atoms with Crippen LogP contribution in [-0.4, -0.2) is 13.2 Å². The predicted molar refractivity (Wildman–Crippen MR) is 88.8 cm³/mol. The third-order valence-electron chi connectivity index (χ3n) is 3.13. The molecule has 106 valence electrons. The molecule has 0 bridgehead atoms. The predicted octanol–water partition coefficient (Wildman–Crippen LogP) is 5.69. The van der Waals surface area contributed by atoms with Crippen molar-refractivity contribution in [3.05, 3.63) is 22.9 Å². The van der Waals surface area contributed by atoms with E-state index in [1.165, 1.54) is 20.2 Å². The Labute approximate surface area is 126 Å². The molecular formula is C16H18O2S2. The third kappa shape index (κ3) is 2.27. The highest BCUT2D eigenvalue weighted by atomic mass is 32.1. The van der Waals surface area contributed by atoms with Gasteiger partial charge < -0.3 is 9.47 Å². The minimum atomic E-state index is 0.757. The molecule has 0 saturated carbocycles. The molecule has 0 saturated heterocycles. The van der Waals surface area contributed by atoms with E-state index >= 15 is 0 Å². The summed E-state index contributed by atoms with van der Waals surface area (Å²) in [5.41, 5.74) is 0. The minimum absolute atomic E-state index is 0.757. The van der Waals surface area contributed by atoms with Gasteiger partial charge in [-0.15, -0.1) is 22.7 Å². The lowest BCUT2D eigenvalue weighted by Gasteiger charge is -2.12. The molecule has 0 unspecified atom stereocenters. The number of thiophene rings is 2. The second-order valence-corrected chi connectivity index (χ2v) is 6.51. The largest absolute Gasteiger partial charge is 0.491 e. The molecule has 3 rings (SSSR count). The highest BCUT2D eigenvalue weighted by molar-refractivity contribution is 7.19. The molecule has 0 N–H and O–H groups in total. The second kappa shape index (κ2) is 6.02. The summed E-state index contributed by atoms with van der Waals surface area (Å²) in [7, 11) is 0. The maximum absolute atomic E-state index is 6.02. The fourth-order valence-electron chi connectivity index (χ4n) is 2.27. The smallest absolute Gasteiger partial charge is 0.146 e. The summed E-state index contributed by atoms with van der Waals surface area (Å²) in [5.74, 6) is 2.05. The lowest BCUT2D eigenvalue weighted by molar-refractivity contribution is 0.320. The minimum Gasteiger partial charge on any atom is -0.491 e. The molecule has 20 heavy (non-hydrogen) atoms. The maximum atomic E-state index is 6.02. The van der Waals surface area contributed by atoms with Gasteiger partial charge in [0.25, 0.3) is 0 Å². The Hall–Kier alpha value is -1.26. The van der Waals surface area contributed by atoms with E-state index in [0.717, 1.165) is 37.6 Å². The van der Waals surface area contributed by atoms with Crippen molar-refractivity contribution in [3.8, 4) is 11.5 Å². The van der Waals surface area contributed by atoms with Gasteiger partial charge in [-0.25, -0.2) is 0 Å². The fraction of sp³-hybridized carbons (Fsp3) is 0.375. The normalized spacial score (nSPS) is 11.3. The SMILES string of the molecule is CCCOc1c2ccsc2c(OCCC)c2ccsc12. The third-order valence-corrected chi connectivity index (χ3v) is 4.96. The molecule has 1 aromatic carbocycles. The zero-order valence-corrected chi connectivity index (χ0v) is 13.4. The molecule has 3 aromatic rings. The maximum Gasteiger partial charge on any atom is 0.146 e. The van der Waals surface area contributed by atoms with Gasteiger partial charge in [-0.3, -0.25) is 0 Å². The first kappa shape index (κ1) is 13.7. The summed E-state index contributed by atoms with van der Waals surface area (Å²) < 4.78 is 14.4. The number of hydrogen-bond donors (Lipinski definition) is 0. The van der Waals surface area contributed by atoms with Gasteiger partial charge in [-0.1, -0.05) is 13.8 Å². The zero-order valence-electron chi connectivity index (χ0n) is 11.8. The molecule has 0 radical (unpaired) electrons. The van der Waals surface area contributed by atoms with Crippen LogP contribution in [0.4, 0.5) is 0 Å². The molecule has 0 atom stereocenters. The van der Waals surface area contributed by atoms with Crippen molar-refractivity contribution in [2.75, 3.05) is 13.2 Å². The van der Waals surface area contributed by atoms with Crippen LogP contribution in [0.2, 0.25) is 0 Å². The summed E-state index contributed by atoms with van der Waals surface area (Å²) in [6.45, 7) is 5.78. The first-order valence-electron chi connectivity index (χ1n) is 7.02. The summed E-state index contributed by atoms with van der Waals surface area (Å²) >= 11 is 3.46. The van der Waals surface area contributed by atoms with E-state index in [0.29, 0.717) is 0 Å². The van der Waals surface area contributed by atoms with Gasteiger partial charge in [0.1, 0.15) is 11.5 Å². The Morgan fingerprint density at radius 1 is 0.800 bits per heavy atom.